The average molecular weight is 330 g/mol. The van der Waals surface area contributed by atoms with Gasteiger partial charge in [0.05, 0.1) is 25.3 Å². The fraction of sp³-hybridized carbons (Fsp3) is 0.190. The molecule has 0 fully saturated rings. The van der Waals surface area contributed by atoms with Gasteiger partial charge in [0.2, 0.25) is 0 Å². The van der Waals surface area contributed by atoms with E-state index in [-0.39, 0.29) is 0 Å². The molecule has 25 heavy (non-hydrogen) atoms. The number of rotatable bonds is 3. The molecule has 2 aromatic carbocycles. The largest absolute Gasteiger partial charge is 0.497 e. The number of hydrogen-bond acceptors (Lipinski definition) is 3. The maximum absolute atomic E-state index is 9.65. The van der Waals surface area contributed by atoms with Crippen LogP contribution in [0.4, 0.5) is 0 Å². The summed E-state index contributed by atoms with van der Waals surface area (Å²) in [5, 5.41) is 10.5. The van der Waals surface area contributed by atoms with Crippen molar-refractivity contribution in [3.8, 4) is 29.4 Å². The standard InChI is InChI=1S/C21H18N2O2/c1-4-23-20(11-8-15-6-5-7-16(12-15)24-2)19(14-22)18-10-9-17(25-3)13-21(18)23/h5-7,9-10,12-13H,4H2,1-3H3. The third kappa shape index (κ3) is 3.03. The van der Waals surface area contributed by atoms with Crippen LogP contribution in [0.1, 0.15) is 23.7 Å². The molecule has 0 radical (unpaired) electrons. The number of hydrogen-bond donors (Lipinski definition) is 0. The molecule has 1 aromatic heterocycles. The topological polar surface area (TPSA) is 47.2 Å². The van der Waals surface area contributed by atoms with Gasteiger partial charge < -0.3 is 14.0 Å². The lowest BCUT2D eigenvalue weighted by molar-refractivity contribution is 0.414. The first-order valence-corrected chi connectivity index (χ1v) is 7.98. The van der Waals surface area contributed by atoms with E-state index in [0.717, 1.165) is 33.7 Å². The van der Waals surface area contributed by atoms with Crippen LogP contribution >= 0.6 is 0 Å². The van der Waals surface area contributed by atoms with Gasteiger partial charge in [0.1, 0.15) is 23.3 Å². The summed E-state index contributed by atoms with van der Waals surface area (Å²) in [6.45, 7) is 2.75. The molecule has 124 valence electrons. The van der Waals surface area contributed by atoms with Crippen molar-refractivity contribution < 1.29 is 9.47 Å². The fourth-order valence-electron chi connectivity index (χ4n) is 2.86. The highest BCUT2D eigenvalue weighted by molar-refractivity contribution is 5.90. The van der Waals surface area contributed by atoms with Crippen LogP contribution < -0.4 is 9.47 Å². The van der Waals surface area contributed by atoms with E-state index in [0.29, 0.717) is 12.1 Å². The van der Waals surface area contributed by atoms with E-state index in [9.17, 15) is 5.26 Å². The van der Waals surface area contributed by atoms with Gasteiger partial charge in [-0.15, -0.1) is 0 Å². The van der Waals surface area contributed by atoms with E-state index in [1.54, 1.807) is 14.2 Å². The number of aryl methyl sites for hydroxylation is 1. The Labute approximate surface area is 147 Å². The summed E-state index contributed by atoms with van der Waals surface area (Å²) < 4.78 is 12.6. The predicted molar refractivity (Wildman–Crippen MR) is 97.9 cm³/mol. The third-order valence-electron chi connectivity index (χ3n) is 4.09. The number of fused-ring (bicyclic) bond motifs is 1. The van der Waals surface area contributed by atoms with Gasteiger partial charge >= 0.3 is 0 Å². The zero-order valence-electron chi connectivity index (χ0n) is 14.5. The fourth-order valence-corrected chi connectivity index (χ4v) is 2.86. The monoisotopic (exact) mass is 330 g/mol. The molecule has 4 heteroatoms. The highest BCUT2D eigenvalue weighted by Gasteiger charge is 2.15. The molecule has 0 aliphatic carbocycles. The second-order valence-corrected chi connectivity index (χ2v) is 5.44. The van der Waals surface area contributed by atoms with Crippen molar-refractivity contribution in [1.29, 1.82) is 5.26 Å². The number of aromatic nitrogens is 1. The summed E-state index contributed by atoms with van der Waals surface area (Å²) in [5.74, 6) is 7.83. The molecule has 0 atom stereocenters. The Balaban J connectivity index is 2.19. The summed E-state index contributed by atoms with van der Waals surface area (Å²) in [5.41, 5.74) is 3.10. The van der Waals surface area contributed by atoms with Gasteiger partial charge in [-0.25, -0.2) is 0 Å². The maximum Gasteiger partial charge on any atom is 0.120 e. The molecule has 0 bridgehead atoms. The van der Waals surface area contributed by atoms with Crippen molar-refractivity contribution >= 4 is 10.9 Å². The lowest BCUT2D eigenvalue weighted by atomic mass is 10.1. The van der Waals surface area contributed by atoms with Crippen LogP contribution in [0, 0.1) is 23.2 Å². The number of benzene rings is 2. The minimum atomic E-state index is 0.592. The van der Waals surface area contributed by atoms with Crippen molar-refractivity contribution in [2.75, 3.05) is 14.2 Å². The number of nitriles is 1. The number of methoxy groups -OCH3 is 2. The van der Waals surface area contributed by atoms with E-state index in [4.69, 9.17) is 9.47 Å². The lowest BCUT2D eigenvalue weighted by Gasteiger charge is -2.04. The Bertz CT molecular complexity index is 1030. The molecule has 0 aliphatic rings. The molecule has 3 rings (SSSR count). The van der Waals surface area contributed by atoms with Crippen LogP contribution in [0.5, 0.6) is 11.5 Å². The van der Waals surface area contributed by atoms with Crippen LogP contribution in [-0.2, 0) is 6.54 Å². The number of ether oxygens (including phenoxy) is 2. The first-order valence-electron chi connectivity index (χ1n) is 7.98. The second-order valence-electron chi connectivity index (χ2n) is 5.44. The molecule has 0 spiro atoms. The molecule has 0 saturated heterocycles. The summed E-state index contributed by atoms with van der Waals surface area (Å²) in [6.07, 6.45) is 0. The Morgan fingerprint density at radius 1 is 1.00 bits per heavy atom. The second kappa shape index (κ2) is 7.03. The molecular weight excluding hydrogens is 312 g/mol. The van der Waals surface area contributed by atoms with Crippen LogP contribution in [0.15, 0.2) is 42.5 Å². The summed E-state index contributed by atoms with van der Waals surface area (Å²) in [6, 6.07) is 15.6. The normalized spacial score (nSPS) is 10.0. The van der Waals surface area contributed by atoms with Crippen molar-refractivity contribution in [2.45, 2.75) is 13.5 Å². The van der Waals surface area contributed by atoms with Gasteiger partial charge in [-0.3, -0.25) is 0 Å². The first-order chi connectivity index (χ1) is 12.2. The summed E-state index contributed by atoms with van der Waals surface area (Å²) in [7, 11) is 3.26. The minimum Gasteiger partial charge on any atom is -0.497 e. The summed E-state index contributed by atoms with van der Waals surface area (Å²) >= 11 is 0. The molecule has 0 saturated carbocycles. The van der Waals surface area contributed by atoms with E-state index in [1.165, 1.54) is 0 Å². The molecular formula is C21H18N2O2. The predicted octanol–water partition coefficient (Wildman–Crippen LogP) is 3.95. The minimum absolute atomic E-state index is 0.592. The quantitative estimate of drug-likeness (QED) is 0.683. The molecule has 0 unspecified atom stereocenters. The maximum atomic E-state index is 9.65. The number of nitrogens with zero attached hydrogens (tertiary/aromatic N) is 2. The Morgan fingerprint density at radius 3 is 2.44 bits per heavy atom. The van der Waals surface area contributed by atoms with Crippen LogP contribution in [-0.4, -0.2) is 18.8 Å². The van der Waals surface area contributed by atoms with Gasteiger partial charge in [0, 0.05) is 23.6 Å². The third-order valence-corrected chi connectivity index (χ3v) is 4.09. The molecule has 3 aromatic rings. The van der Waals surface area contributed by atoms with Gasteiger partial charge in [0.25, 0.3) is 0 Å². The zero-order valence-corrected chi connectivity index (χ0v) is 14.5. The van der Waals surface area contributed by atoms with E-state index in [1.807, 2.05) is 54.0 Å². The Hall–Kier alpha value is -3.37. The van der Waals surface area contributed by atoms with Gasteiger partial charge in [-0.2, -0.15) is 5.26 Å². The molecule has 1 heterocycles. The van der Waals surface area contributed by atoms with Crippen molar-refractivity contribution in [3.63, 3.8) is 0 Å². The molecule has 0 aliphatic heterocycles. The Morgan fingerprint density at radius 2 is 1.76 bits per heavy atom. The van der Waals surface area contributed by atoms with E-state index >= 15 is 0 Å². The van der Waals surface area contributed by atoms with E-state index in [2.05, 4.69) is 17.9 Å². The summed E-state index contributed by atoms with van der Waals surface area (Å²) in [4.78, 5) is 0. The highest BCUT2D eigenvalue weighted by atomic mass is 16.5. The van der Waals surface area contributed by atoms with E-state index < -0.39 is 0 Å². The molecule has 4 nitrogen and oxygen atoms in total. The van der Waals surface area contributed by atoms with Gasteiger partial charge in [-0.05, 0) is 43.2 Å². The SMILES string of the molecule is CCn1c(C#Cc2cccc(OC)c2)c(C#N)c2ccc(OC)cc21. The Kier molecular flexibility index (Phi) is 4.64. The van der Waals surface area contributed by atoms with Crippen molar-refractivity contribution in [3.05, 3.63) is 59.3 Å². The van der Waals surface area contributed by atoms with Crippen LogP contribution in [0.25, 0.3) is 10.9 Å². The zero-order chi connectivity index (χ0) is 17.8. The molecule has 0 amide bonds. The highest BCUT2D eigenvalue weighted by Crippen LogP contribution is 2.29. The lowest BCUT2D eigenvalue weighted by Crippen LogP contribution is -1.98. The van der Waals surface area contributed by atoms with Crippen molar-refractivity contribution in [1.82, 2.24) is 4.57 Å². The van der Waals surface area contributed by atoms with Crippen molar-refractivity contribution in [2.24, 2.45) is 0 Å². The molecule has 0 N–H and O–H groups in total. The smallest absolute Gasteiger partial charge is 0.120 e. The average Bonchev–Trinajstić information content (AvgIpc) is 2.97. The van der Waals surface area contributed by atoms with Crippen LogP contribution in [0.2, 0.25) is 0 Å². The first kappa shape index (κ1) is 16.5. The van der Waals surface area contributed by atoms with Crippen LogP contribution in [0.3, 0.4) is 0 Å². The van der Waals surface area contributed by atoms with Gasteiger partial charge in [0.15, 0.2) is 0 Å². The van der Waals surface area contributed by atoms with Gasteiger partial charge in [-0.1, -0.05) is 12.0 Å².